The quantitative estimate of drug-likeness (QED) is 0.484. The third kappa shape index (κ3) is 4.56. The molecule has 4 heteroatoms. The standard InChI is InChI=1S/C24H21NO3/c26-25(28-18-20-9-5-2-6-10-20)23-13-11-22-16-24(14-12-21(22)15-23)27-17-19-7-3-1-4-8-19/h1-16,25H,17-18H2. The van der Waals surface area contributed by atoms with Crippen LogP contribution in [0, 0.1) is 5.21 Å². The van der Waals surface area contributed by atoms with Gasteiger partial charge in [-0.25, -0.2) is 0 Å². The van der Waals surface area contributed by atoms with E-state index in [9.17, 15) is 5.21 Å². The van der Waals surface area contributed by atoms with Gasteiger partial charge < -0.3 is 9.94 Å². The molecule has 4 aromatic rings. The molecule has 0 aliphatic rings. The summed E-state index contributed by atoms with van der Waals surface area (Å²) in [5.74, 6) is 0.802. The van der Waals surface area contributed by atoms with Gasteiger partial charge in [-0.15, -0.1) is 0 Å². The first kappa shape index (κ1) is 18.2. The maximum atomic E-state index is 12.3. The summed E-state index contributed by atoms with van der Waals surface area (Å²) in [5.41, 5.74) is 2.64. The molecule has 0 saturated heterocycles. The maximum Gasteiger partial charge on any atom is 0.164 e. The van der Waals surface area contributed by atoms with Gasteiger partial charge in [0.2, 0.25) is 0 Å². The predicted octanol–water partition coefficient (Wildman–Crippen LogP) is 4.56. The van der Waals surface area contributed by atoms with Gasteiger partial charge in [-0.05, 0) is 40.1 Å². The SMILES string of the molecule is [O-][NH+](OCc1ccccc1)c1ccc2cc(OCc3ccccc3)ccc2c1. The van der Waals surface area contributed by atoms with Crippen LogP contribution in [-0.4, -0.2) is 0 Å². The zero-order chi connectivity index (χ0) is 19.2. The van der Waals surface area contributed by atoms with Crippen LogP contribution in [0.5, 0.6) is 5.75 Å². The van der Waals surface area contributed by atoms with Gasteiger partial charge in [0.25, 0.3) is 0 Å². The largest absolute Gasteiger partial charge is 0.595 e. The van der Waals surface area contributed by atoms with Crippen LogP contribution in [0.2, 0.25) is 0 Å². The summed E-state index contributed by atoms with van der Waals surface area (Å²) in [4.78, 5) is 5.41. The van der Waals surface area contributed by atoms with E-state index in [0.29, 0.717) is 12.3 Å². The smallest absolute Gasteiger partial charge is 0.164 e. The number of rotatable bonds is 7. The van der Waals surface area contributed by atoms with Crippen LogP contribution in [-0.2, 0) is 18.1 Å². The van der Waals surface area contributed by atoms with E-state index >= 15 is 0 Å². The second-order valence-electron chi connectivity index (χ2n) is 6.56. The molecule has 1 unspecified atom stereocenters. The lowest BCUT2D eigenvalue weighted by Crippen LogP contribution is -3.00. The van der Waals surface area contributed by atoms with E-state index < -0.39 is 0 Å². The summed E-state index contributed by atoms with van der Waals surface area (Å²) in [5, 5.41) is 14.0. The minimum Gasteiger partial charge on any atom is -0.595 e. The molecular formula is C24H21NO3. The molecular weight excluding hydrogens is 350 g/mol. The van der Waals surface area contributed by atoms with Crippen LogP contribution in [0.3, 0.4) is 0 Å². The molecule has 0 aliphatic heterocycles. The van der Waals surface area contributed by atoms with Gasteiger partial charge in [0, 0.05) is 12.1 Å². The summed E-state index contributed by atoms with van der Waals surface area (Å²) >= 11 is 0. The number of quaternary nitrogens is 1. The second kappa shape index (κ2) is 8.67. The van der Waals surface area contributed by atoms with Gasteiger partial charge in [0.05, 0.1) is 0 Å². The second-order valence-corrected chi connectivity index (χ2v) is 6.56. The molecule has 4 aromatic carbocycles. The lowest BCUT2D eigenvalue weighted by atomic mass is 10.1. The van der Waals surface area contributed by atoms with Crippen LogP contribution in [0.1, 0.15) is 11.1 Å². The molecule has 0 fully saturated rings. The van der Waals surface area contributed by atoms with Crippen molar-refractivity contribution >= 4 is 16.5 Å². The molecule has 0 aliphatic carbocycles. The molecule has 1 N–H and O–H groups in total. The molecule has 0 bridgehead atoms. The lowest BCUT2D eigenvalue weighted by Gasteiger charge is -2.19. The van der Waals surface area contributed by atoms with Gasteiger partial charge in [-0.3, -0.25) is 0 Å². The first-order valence-electron chi connectivity index (χ1n) is 9.19. The highest BCUT2D eigenvalue weighted by Crippen LogP contribution is 2.23. The molecule has 1 atom stereocenters. The van der Waals surface area contributed by atoms with Gasteiger partial charge in [0.15, 0.2) is 5.69 Å². The van der Waals surface area contributed by atoms with Crippen LogP contribution >= 0.6 is 0 Å². The van der Waals surface area contributed by atoms with Crippen molar-refractivity contribution in [2.24, 2.45) is 0 Å². The third-order valence-corrected chi connectivity index (χ3v) is 4.51. The van der Waals surface area contributed by atoms with Crippen LogP contribution in [0.15, 0.2) is 97.1 Å². The predicted molar refractivity (Wildman–Crippen MR) is 110 cm³/mol. The Morgan fingerprint density at radius 2 is 1.25 bits per heavy atom. The number of ether oxygens (including phenoxy) is 1. The first-order valence-corrected chi connectivity index (χ1v) is 9.19. The van der Waals surface area contributed by atoms with Crippen molar-refractivity contribution in [3.8, 4) is 5.75 Å². The van der Waals surface area contributed by atoms with Crippen molar-refractivity contribution in [2.75, 3.05) is 0 Å². The molecule has 140 valence electrons. The van der Waals surface area contributed by atoms with Crippen molar-refractivity contribution in [3.05, 3.63) is 113 Å². The monoisotopic (exact) mass is 371 g/mol. The van der Waals surface area contributed by atoms with Crippen LogP contribution in [0.4, 0.5) is 5.69 Å². The van der Waals surface area contributed by atoms with E-state index in [1.54, 1.807) is 6.07 Å². The first-order chi connectivity index (χ1) is 13.8. The van der Waals surface area contributed by atoms with E-state index in [0.717, 1.165) is 27.6 Å². The zero-order valence-electron chi connectivity index (χ0n) is 15.4. The Bertz CT molecular complexity index is 1040. The molecule has 4 rings (SSSR count). The zero-order valence-corrected chi connectivity index (χ0v) is 15.4. The maximum absolute atomic E-state index is 12.3. The number of hydrogen-bond acceptors (Lipinski definition) is 3. The number of fused-ring (bicyclic) bond motifs is 1. The summed E-state index contributed by atoms with van der Waals surface area (Å²) in [6.07, 6.45) is 0. The van der Waals surface area contributed by atoms with Gasteiger partial charge in [0.1, 0.15) is 19.0 Å². The summed E-state index contributed by atoms with van der Waals surface area (Å²) < 4.78 is 5.87. The van der Waals surface area contributed by atoms with Crippen molar-refractivity contribution in [1.29, 1.82) is 0 Å². The average molecular weight is 371 g/mol. The molecule has 0 aromatic heterocycles. The molecule has 0 heterocycles. The molecule has 28 heavy (non-hydrogen) atoms. The van der Waals surface area contributed by atoms with E-state index in [1.807, 2.05) is 91.0 Å². The highest BCUT2D eigenvalue weighted by Gasteiger charge is 2.07. The van der Waals surface area contributed by atoms with Crippen LogP contribution in [0.25, 0.3) is 10.8 Å². The van der Waals surface area contributed by atoms with Gasteiger partial charge in [-0.1, -0.05) is 66.7 Å². The van der Waals surface area contributed by atoms with E-state index in [4.69, 9.17) is 9.57 Å². The summed E-state index contributed by atoms with van der Waals surface area (Å²) in [6, 6.07) is 31.1. The molecule has 0 radical (unpaired) electrons. The minimum atomic E-state index is -0.324. The third-order valence-electron chi connectivity index (χ3n) is 4.51. The van der Waals surface area contributed by atoms with Crippen molar-refractivity contribution in [2.45, 2.75) is 13.2 Å². The highest BCUT2D eigenvalue weighted by molar-refractivity contribution is 5.85. The van der Waals surface area contributed by atoms with E-state index in [-0.39, 0.29) is 11.8 Å². The fourth-order valence-corrected chi connectivity index (χ4v) is 2.99. The summed E-state index contributed by atoms with van der Waals surface area (Å²) in [7, 11) is 0. The Morgan fingerprint density at radius 3 is 1.96 bits per heavy atom. The van der Waals surface area contributed by atoms with E-state index in [2.05, 4.69) is 0 Å². The highest BCUT2D eigenvalue weighted by atomic mass is 16.9. The fourth-order valence-electron chi connectivity index (χ4n) is 2.99. The van der Waals surface area contributed by atoms with Crippen LogP contribution < -0.4 is 9.96 Å². The minimum absolute atomic E-state index is 0.268. The Morgan fingerprint density at radius 1 is 0.643 bits per heavy atom. The normalized spacial score (nSPS) is 12.0. The number of benzene rings is 4. The Kier molecular flexibility index (Phi) is 5.64. The Labute approximate surface area is 164 Å². The topological polar surface area (TPSA) is 46.0 Å². The number of nitrogens with one attached hydrogen (secondary N) is 1. The molecule has 0 saturated carbocycles. The van der Waals surface area contributed by atoms with E-state index in [1.165, 1.54) is 0 Å². The Hall–Kier alpha value is -3.18. The molecule has 0 amide bonds. The summed E-state index contributed by atoms with van der Waals surface area (Å²) in [6.45, 7) is 0.792. The van der Waals surface area contributed by atoms with Crippen molar-refractivity contribution in [3.63, 3.8) is 0 Å². The van der Waals surface area contributed by atoms with Crippen molar-refractivity contribution in [1.82, 2.24) is 0 Å². The fraction of sp³-hybridized carbons (Fsp3) is 0.0833. The average Bonchev–Trinajstić information content (AvgIpc) is 2.77. The van der Waals surface area contributed by atoms with Crippen molar-refractivity contribution < 1.29 is 14.8 Å². The number of hydrogen-bond donors (Lipinski definition) is 1. The van der Waals surface area contributed by atoms with Gasteiger partial charge >= 0.3 is 0 Å². The van der Waals surface area contributed by atoms with Gasteiger partial charge in [-0.2, -0.15) is 10.1 Å². The Balaban J connectivity index is 1.42. The molecule has 0 spiro atoms. The molecule has 4 nitrogen and oxygen atoms in total. The lowest BCUT2D eigenvalue weighted by molar-refractivity contribution is -1.00.